The molecule has 22 heavy (non-hydrogen) atoms. The minimum absolute atomic E-state index is 0.0287. The lowest BCUT2D eigenvalue weighted by molar-refractivity contribution is 0.0979. The fourth-order valence-corrected chi connectivity index (χ4v) is 2.18. The lowest BCUT2D eigenvalue weighted by Crippen LogP contribution is -2.44. The largest absolute Gasteiger partial charge is 0.491 e. The van der Waals surface area contributed by atoms with Gasteiger partial charge in [0, 0.05) is 17.1 Å². The van der Waals surface area contributed by atoms with Gasteiger partial charge in [0.1, 0.15) is 18.5 Å². The van der Waals surface area contributed by atoms with Crippen LogP contribution in [0.3, 0.4) is 0 Å². The van der Waals surface area contributed by atoms with E-state index < -0.39 is 6.10 Å². The highest BCUT2D eigenvalue weighted by atomic mass is 35.5. The van der Waals surface area contributed by atoms with Crippen molar-refractivity contribution in [2.75, 3.05) is 13.2 Å². The first-order chi connectivity index (χ1) is 10.2. The number of hydrogen-bond donors (Lipinski definition) is 2. The van der Waals surface area contributed by atoms with Gasteiger partial charge in [-0.25, -0.2) is 0 Å². The summed E-state index contributed by atoms with van der Waals surface area (Å²) in [5.41, 5.74) is 2.09. The van der Waals surface area contributed by atoms with E-state index in [9.17, 15) is 5.11 Å². The third-order valence-corrected chi connectivity index (χ3v) is 4.45. The van der Waals surface area contributed by atoms with E-state index >= 15 is 0 Å². The van der Waals surface area contributed by atoms with Crippen molar-refractivity contribution < 1.29 is 9.84 Å². The second kappa shape index (κ2) is 8.19. The SMILES string of the molecule is CCC(C)(C)NCC(O)COc1cc(C)c(Cl)cc1C(C)C. The molecule has 1 atom stereocenters. The van der Waals surface area contributed by atoms with Crippen LogP contribution in [0.25, 0.3) is 0 Å². The Hall–Kier alpha value is -0.770. The molecule has 126 valence electrons. The Bertz CT molecular complexity index is 486. The number of aliphatic hydroxyl groups is 1. The molecule has 1 unspecified atom stereocenters. The molecule has 1 aromatic rings. The molecule has 0 aliphatic carbocycles. The maximum atomic E-state index is 10.1. The summed E-state index contributed by atoms with van der Waals surface area (Å²) in [5, 5.41) is 14.2. The Balaban J connectivity index is 2.66. The van der Waals surface area contributed by atoms with Crippen molar-refractivity contribution >= 4 is 11.6 Å². The summed E-state index contributed by atoms with van der Waals surface area (Å²) < 4.78 is 5.85. The Labute approximate surface area is 140 Å². The van der Waals surface area contributed by atoms with Crippen LogP contribution in [0.2, 0.25) is 5.02 Å². The van der Waals surface area contributed by atoms with Crippen LogP contribution < -0.4 is 10.1 Å². The highest BCUT2D eigenvalue weighted by molar-refractivity contribution is 6.31. The van der Waals surface area contributed by atoms with Gasteiger partial charge >= 0.3 is 0 Å². The zero-order chi connectivity index (χ0) is 16.9. The predicted molar refractivity (Wildman–Crippen MR) is 94.2 cm³/mol. The molecule has 2 N–H and O–H groups in total. The molecule has 0 spiro atoms. The Kier molecular flexibility index (Phi) is 7.17. The summed E-state index contributed by atoms with van der Waals surface area (Å²) >= 11 is 6.19. The molecule has 0 amide bonds. The van der Waals surface area contributed by atoms with Crippen molar-refractivity contribution in [1.82, 2.24) is 5.32 Å². The number of hydrogen-bond acceptors (Lipinski definition) is 3. The van der Waals surface area contributed by atoms with Crippen LogP contribution in [-0.4, -0.2) is 29.9 Å². The quantitative estimate of drug-likeness (QED) is 0.748. The van der Waals surface area contributed by atoms with Crippen LogP contribution in [0, 0.1) is 6.92 Å². The average Bonchev–Trinajstić information content (AvgIpc) is 2.45. The van der Waals surface area contributed by atoms with Gasteiger partial charge in [-0.05, 0) is 56.4 Å². The molecular formula is C18H30ClNO2. The van der Waals surface area contributed by atoms with Crippen molar-refractivity contribution in [2.24, 2.45) is 0 Å². The molecule has 0 radical (unpaired) electrons. The third kappa shape index (κ3) is 5.79. The molecule has 3 nitrogen and oxygen atoms in total. The van der Waals surface area contributed by atoms with Gasteiger partial charge in [0.05, 0.1) is 0 Å². The molecule has 0 saturated carbocycles. The van der Waals surface area contributed by atoms with Gasteiger partial charge in [0.15, 0.2) is 0 Å². The summed E-state index contributed by atoms with van der Waals surface area (Å²) in [6, 6.07) is 3.91. The number of β-amino-alcohol motifs (C(OH)–C–C–N with tert-alkyl or cyclic N) is 1. The summed E-state index contributed by atoms with van der Waals surface area (Å²) in [6.45, 7) is 13.3. The van der Waals surface area contributed by atoms with Gasteiger partial charge < -0.3 is 15.2 Å². The molecule has 0 saturated heterocycles. The number of ether oxygens (including phenoxy) is 1. The van der Waals surface area contributed by atoms with Crippen molar-refractivity contribution in [1.29, 1.82) is 0 Å². The predicted octanol–water partition coefficient (Wildman–Crippen LogP) is 4.29. The van der Waals surface area contributed by atoms with Gasteiger partial charge in [-0.15, -0.1) is 0 Å². The number of aryl methyl sites for hydroxylation is 1. The molecule has 0 aliphatic rings. The molecule has 0 fully saturated rings. The number of aliphatic hydroxyl groups excluding tert-OH is 1. The molecule has 0 heterocycles. The molecular weight excluding hydrogens is 298 g/mol. The Morgan fingerprint density at radius 3 is 2.50 bits per heavy atom. The van der Waals surface area contributed by atoms with Crippen LogP contribution in [0.15, 0.2) is 12.1 Å². The van der Waals surface area contributed by atoms with Crippen LogP contribution in [0.5, 0.6) is 5.75 Å². The van der Waals surface area contributed by atoms with E-state index in [-0.39, 0.29) is 12.1 Å². The van der Waals surface area contributed by atoms with Crippen molar-refractivity contribution in [3.8, 4) is 5.75 Å². The lowest BCUT2D eigenvalue weighted by Gasteiger charge is -2.26. The summed E-state index contributed by atoms with van der Waals surface area (Å²) in [7, 11) is 0. The maximum Gasteiger partial charge on any atom is 0.123 e. The smallest absolute Gasteiger partial charge is 0.123 e. The molecule has 4 heteroatoms. The van der Waals surface area contributed by atoms with E-state index in [4.69, 9.17) is 16.3 Å². The van der Waals surface area contributed by atoms with E-state index in [2.05, 4.69) is 39.9 Å². The first-order valence-electron chi connectivity index (χ1n) is 8.02. The highest BCUT2D eigenvalue weighted by Gasteiger charge is 2.17. The second-order valence-corrected chi connectivity index (χ2v) is 7.28. The van der Waals surface area contributed by atoms with Gasteiger partial charge in [-0.2, -0.15) is 0 Å². The Morgan fingerprint density at radius 1 is 1.32 bits per heavy atom. The van der Waals surface area contributed by atoms with Crippen molar-refractivity contribution in [3.63, 3.8) is 0 Å². The number of benzene rings is 1. The van der Waals surface area contributed by atoms with Crippen LogP contribution in [0.1, 0.15) is 58.1 Å². The zero-order valence-electron chi connectivity index (χ0n) is 14.7. The van der Waals surface area contributed by atoms with E-state index in [0.717, 1.165) is 28.3 Å². The molecule has 0 bridgehead atoms. The normalized spacial score (nSPS) is 13.5. The Morgan fingerprint density at radius 2 is 1.95 bits per heavy atom. The minimum Gasteiger partial charge on any atom is -0.491 e. The molecule has 0 aliphatic heterocycles. The van der Waals surface area contributed by atoms with Gasteiger partial charge in [0.2, 0.25) is 0 Å². The van der Waals surface area contributed by atoms with Crippen LogP contribution >= 0.6 is 11.6 Å². The topological polar surface area (TPSA) is 41.5 Å². The minimum atomic E-state index is -0.540. The average molecular weight is 328 g/mol. The fraction of sp³-hybridized carbons (Fsp3) is 0.667. The zero-order valence-corrected chi connectivity index (χ0v) is 15.4. The molecule has 1 rings (SSSR count). The number of halogens is 1. The molecule has 1 aromatic carbocycles. The first-order valence-corrected chi connectivity index (χ1v) is 8.40. The molecule has 0 aromatic heterocycles. The standard InChI is InChI=1S/C18H30ClNO2/c1-7-18(5,6)20-10-14(21)11-22-17-8-13(4)16(19)9-15(17)12(2)3/h8-9,12,14,20-21H,7,10-11H2,1-6H3. The van der Waals surface area contributed by atoms with E-state index in [1.807, 2.05) is 19.1 Å². The van der Waals surface area contributed by atoms with Crippen LogP contribution in [-0.2, 0) is 0 Å². The van der Waals surface area contributed by atoms with Gasteiger partial charge in [0.25, 0.3) is 0 Å². The van der Waals surface area contributed by atoms with Crippen molar-refractivity contribution in [3.05, 3.63) is 28.3 Å². The highest BCUT2D eigenvalue weighted by Crippen LogP contribution is 2.32. The summed E-state index contributed by atoms with van der Waals surface area (Å²) in [5.74, 6) is 1.13. The van der Waals surface area contributed by atoms with Gasteiger partial charge in [-0.3, -0.25) is 0 Å². The van der Waals surface area contributed by atoms with E-state index in [1.165, 1.54) is 0 Å². The number of rotatable bonds is 8. The van der Waals surface area contributed by atoms with E-state index in [1.54, 1.807) is 0 Å². The second-order valence-electron chi connectivity index (χ2n) is 6.88. The summed E-state index contributed by atoms with van der Waals surface area (Å²) in [4.78, 5) is 0. The van der Waals surface area contributed by atoms with Gasteiger partial charge in [-0.1, -0.05) is 32.4 Å². The van der Waals surface area contributed by atoms with Crippen LogP contribution in [0.4, 0.5) is 0 Å². The fourth-order valence-electron chi connectivity index (χ4n) is 2.01. The summed E-state index contributed by atoms with van der Waals surface area (Å²) in [6.07, 6.45) is 0.468. The van der Waals surface area contributed by atoms with E-state index in [0.29, 0.717) is 12.5 Å². The number of nitrogens with one attached hydrogen (secondary N) is 1. The first kappa shape index (κ1) is 19.3. The lowest BCUT2D eigenvalue weighted by atomic mass is 10.0. The van der Waals surface area contributed by atoms with Crippen molar-refractivity contribution in [2.45, 2.75) is 65.5 Å². The monoisotopic (exact) mass is 327 g/mol. The maximum absolute atomic E-state index is 10.1. The third-order valence-electron chi connectivity index (χ3n) is 4.04.